The zero-order valence-corrected chi connectivity index (χ0v) is 15.7. The van der Waals surface area contributed by atoms with E-state index < -0.39 is 17.6 Å². The lowest BCUT2D eigenvalue weighted by atomic mass is 9.99. The molecule has 0 saturated heterocycles. The molecular weight excluding hydrogens is 373 g/mol. The number of rotatable bonds is 4. The van der Waals surface area contributed by atoms with Crippen molar-refractivity contribution in [2.45, 2.75) is 13.1 Å². The molecular formula is C18H19F3N6O. The predicted octanol–water partition coefficient (Wildman–Crippen LogP) is 3.50. The third kappa shape index (κ3) is 3.32. The van der Waals surface area contributed by atoms with E-state index in [0.717, 1.165) is 16.8 Å². The Balaban J connectivity index is 2.25. The van der Waals surface area contributed by atoms with Crippen LogP contribution in [0.1, 0.15) is 11.3 Å². The molecule has 3 aromatic rings. The summed E-state index contributed by atoms with van der Waals surface area (Å²) in [5.41, 5.74) is 6.96. The monoisotopic (exact) mass is 392 g/mol. The Morgan fingerprint density at radius 1 is 1.18 bits per heavy atom. The van der Waals surface area contributed by atoms with Crippen LogP contribution >= 0.6 is 0 Å². The Bertz CT molecular complexity index is 1030. The number of benzene rings is 1. The fraction of sp³-hybridized carbons (Fsp3) is 0.278. The number of hydrogen-bond donors (Lipinski definition) is 2. The van der Waals surface area contributed by atoms with Crippen molar-refractivity contribution >= 4 is 11.8 Å². The number of halogens is 3. The van der Waals surface area contributed by atoms with Crippen LogP contribution in [-0.4, -0.2) is 33.9 Å². The van der Waals surface area contributed by atoms with Crippen molar-refractivity contribution in [2.24, 2.45) is 7.05 Å². The third-order valence-electron chi connectivity index (χ3n) is 4.45. The largest absolute Gasteiger partial charge is 0.496 e. The average Bonchev–Trinajstić information content (AvgIpc) is 2.98. The molecule has 0 unspecified atom stereocenters. The summed E-state index contributed by atoms with van der Waals surface area (Å²) in [4.78, 5) is 7.52. The zero-order valence-electron chi connectivity index (χ0n) is 15.7. The van der Waals surface area contributed by atoms with Crippen LogP contribution in [0.2, 0.25) is 0 Å². The van der Waals surface area contributed by atoms with Crippen LogP contribution in [0, 0.1) is 6.92 Å². The van der Waals surface area contributed by atoms with Gasteiger partial charge >= 0.3 is 6.18 Å². The number of nitrogen functional groups attached to an aromatic ring is 1. The molecule has 3 N–H and O–H groups in total. The Labute approximate surface area is 159 Å². The molecule has 0 saturated carbocycles. The van der Waals surface area contributed by atoms with E-state index in [1.165, 1.54) is 20.2 Å². The molecule has 28 heavy (non-hydrogen) atoms. The molecule has 2 heterocycles. The molecule has 0 aliphatic carbocycles. The van der Waals surface area contributed by atoms with Gasteiger partial charge in [-0.25, -0.2) is 4.98 Å². The molecule has 7 nitrogen and oxygen atoms in total. The summed E-state index contributed by atoms with van der Waals surface area (Å²) in [6, 6.07) is 4.87. The van der Waals surface area contributed by atoms with E-state index >= 15 is 0 Å². The maximum Gasteiger partial charge on any atom is 0.422 e. The minimum absolute atomic E-state index is 0.158. The highest BCUT2D eigenvalue weighted by Crippen LogP contribution is 2.43. The van der Waals surface area contributed by atoms with Crippen LogP contribution in [0.15, 0.2) is 24.4 Å². The Hall–Kier alpha value is -3.30. The second-order valence-corrected chi connectivity index (χ2v) is 6.08. The van der Waals surface area contributed by atoms with Crippen molar-refractivity contribution < 1.29 is 17.9 Å². The molecule has 0 radical (unpaired) electrons. The Morgan fingerprint density at radius 3 is 2.43 bits per heavy atom. The highest BCUT2D eigenvalue weighted by Gasteiger charge is 2.39. The summed E-state index contributed by atoms with van der Waals surface area (Å²) >= 11 is 0. The second kappa shape index (κ2) is 7.02. The summed E-state index contributed by atoms with van der Waals surface area (Å²) in [6.07, 6.45) is -3.00. The van der Waals surface area contributed by atoms with Gasteiger partial charge in [0.25, 0.3) is 0 Å². The molecule has 3 rings (SSSR count). The molecule has 0 bridgehead atoms. The van der Waals surface area contributed by atoms with E-state index in [-0.39, 0.29) is 23.0 Å². The van der Waals surface area contributed by atoms with Crippen molar-refractivity contribution in [1.82, 2.24) is 19.7 Å². The molecule has 0 amide bonds. The van der Waals surface area contributed by atoms with Crippen molar-refractivity contribution in [3.8, 4) is 28.1 Å². The number of methoxy groups -OCH3 is 1. The predicted molar refractivity (Wildman–Crippen MR) is 99.9 cm³/mol. The van der Waals surface area contributed by atoms with Gasteiger partial charge in [-0.15, -0.1) is 0 Å². The first-order chi connectivity index (χ1) is 13.2. The molecule has 0 aliphatic rings. The van der Waals surface area contributed by atoms with E-state index in [1.54, 1.807) is 23.0 Å². The average molecular weight is 392 g/mol. The lowest BCUT2D eigenvalue weighted by Crippen LogP contribution is -2.15. The van der Waals surface area contributed by atoms with Gasteiger partial charge in [0.2, 0.25) is 5.95 Å². The number of aryl methyl sites for hydroxylation is 1. The van der Waals surface area contributed by atoms with Crippen molar-refractivity contribution in [1.29, 1.82) is 0 Å². The summed E-state index contributed by atoms with van der Waals surface area (Å²) in [6.45, 7) is 1.90. The van der Waals surface area contributed by atoms with E-state index in [0.29, 0.717) is 0 Å². The van der Waals surface area contributed by atoms with Gasteiger partial charge < -0.3 is 15.8 Å². The highest BCUT2D eigenvalue weighted by molar-refractivity contribution is 5.79. The molecule has 0 fully saturated rings. The van der Waals surface area contributed by atoms with Gasteiger partial charge in [-0.2, -0.15) is 23.3 Å². The summed E-state index contributed by atoms with van der Waals surface area (Å²) < 4.78 is 48.3. The standard InChI is InChI=1S/C18H19F3N6O/c1-9-12(8-24-27(9)3)10-5-6-11(13(7-10)28-4)15-14(18(19,20)21)16(23-2)26-17(22)25-15/h5-8H,1-4H3,(H3,22,23,25,26). The van der Waals surface area contributed by atoms with E-state index in [9.17, 15) is 13.2 Å². The zero-order chi connectivity index (χ0) is 20.6. The van der Waals surface area contributed by atoms with E-state index in [2.05, 4.69) is 20.4 Å². The smallest absolute Gasteiger partial charge is 0.422 e. The summed E-state index contributed by atoms with van der Waals surface area (Å²) in [7, 11) is 4.53. The van der Waals surface area contributed by atoms with Gasteiger partial charge in [0.1, 0.15) is 17.1 Å². The number of hydrogen-bond acceptors (Lipinski definition) is 6. The van der Waals surface area contributed by atoms with Gasteiger partial charge in [-0.3, -0.25) is 4.68 Å². The summed E-state index contributed by atoms with van der Waals surface area (Å²) in [5.74, 6) is -0.447. The van der Waals surface area contributed by atoms with Crippen LogP contribution in [0.3, 0.4) is 0 Å². The van der Waals surface area contributed by atoms with E-state index in [4.69, 9.17) is 10.5 Å². The van der Waals surface area contributed by atoms with Gasteiger partial charge in [0, 0.05) is 30.9 Å². The lowest BCUT2D eigenvalue weighted by molar-refractivity contribution is -0.136. The first-order valence-corrected chi connectivity index (χ1v) is 8.27. The molecule has 1 aromatic carbocycles. The Morgan fingerprint density at radius 2 is 1.89 bits per heavy atom. The molecule has 0 atom stereocenters. The highest BCUT2D eigenvalue weighted by atomic mass is 19.4. The quantitative estimate of drug-likeness (QED) is 0.706. The van der Waals surface area contributed by atoms with Crippen molar-refractivity contribution in [3.05, 3.63) is 35.7 Å². The molecule has 0 spiro atoms. The molecule has 148 valence electrons. The van der Waals surface area contributed by atoms with Gasteiger partial charge in [0.05, 0.1) is 19.0 Å². The maximum atomic E-state index is 13.7. The summed E-state index contributed by atoms with van der Waals surface area (Å²) in [5, 5.41) is 6.63. The third-order valence-corrected chi connectivity index (χ3v) is 4.45. The number of nitrogens with one attached hydrogen (secondary N) is 1. The molecule has 0 aliphatic heterocycles. The number of ether oxygens (including phenoxy) is 1. The lowest BCUT2D eigenvalue weighted by Gasteiger charge is -2.18. The van der Waals surface area contributed by atoms with Crippen LogP contribution < -0.4 is 15.8 Å². The number of anilines is 2. The first kappa shape index (κ1) is 19.5. The van der Waals surface area contributed by atoms with Gasteiger partial charge in [0.15, 0.2) is 0 Å². The van der Waals surface area contributed by atoms with E-state index in [1.807, 2.05) is 14.0 Å². The normalized spacial score (nSPS) is 11.5. The second-order valence-electron chi connectivity index (χ2n) is 6.08. The van der Waals surface area contributed by atoms with Crippen molar-refractivity contribution in [3.63, 3.8) is 0 Å². The SMILES string of the molecule is CNc1nc(N)nc(-c2ccc(-c3cnn(C)c3C)cc2OC)c1C(F)(F)F. The number of alkyl halides is 3. The topological polar surface area (TPSA) is 90.9 Å². The van der Waals surface area contributed by atoms with Crippen LogP contribution in [0.5, 0.6) is 5.75 Å². The van der Waals surface area contributed by atoms with Gasteiger partial charge in [-0.1, -0.05) is 6.07 Å². The first-order valence-electron chi connectivity index (χ1n) is 8.27. The fourth-order valence-electron chi connectivity index (χ4n) is 2.96. The minimum Gasteiger partial charge on any atom is -0.496 e. The van der Waals surface area contributed by atoms with Crippen LogP contribution in [-0.2, 0) is 13.2 Å². The van der Waals surface area contributed by atoms with Crippen molar-refractivity contribution in [2.75, 3.05) is 25.2 Å². The molecule has 2 aromatic heterocycles. The number of nitrogens with zero attached hydrogens (tertiary/aromatic N) is 4. The Kier molecular flexibility index (Phi) is 4.88. The number of nitrogens with two attached hydrogens (primary N) is 1. The minimum atomic E-state index is -4.69. The van der Waals surface area contributed by atoms with Gasteiger partial charge in [-0.05, 0) is 24.6 Å². The fourth-order valence-corrected chi connectivity index (χ4v) is 2.96. The van der Waals surface area contributed by atoms with Crippen LogP contribution in [0.4, 0.5) is 24.9 Å². The van der Waals surface area contributed by atoms with Crippen LogP contribution in [0.25, 0.3) is 22.4 Å². The maximum absolute atomic E-state index is 13.7. The molecule has 10 heteroatoms. The number of aromatic nitrogens is 4.